The van der Waals surface area contributed by atoms with Crippen LogP contribution in [0.25, 0.3) is 5.69 Å². The van der Waals surface area contributed by atoms with Crippen LogP contribution in [0.3, 0.4) is 0 Å². The first-order chi connectivity index (χ1) is 10.8. The third kappa shape index (κ3) is 4.67. The normalized spacial score (nSPS) is 11.3. The van der Waals surface area contributed by atoms with E-state index in [1.54, 1.807) is 0 Å². The van der Waals surface area contributed by atoms with Crippen LogP contribution in [0, 0.1) is 0 Å². The second-order valence-electron chi connectivity index (χ2n) is 5.74. The number of benzene rings is 1. The van der Waals surface area contributed by atoms with Crippen molar-refractivity contribution in [2.45, 2.75) is 53.0 Å². The van der Waals surface area contributed by atoms with E-state index in [0.717, 1.165) is 31.0 Å². The van der Waals surface area contributed by atoms with Crippen molar-refractivity contribution in [1.82, 2.24) is 19.9 Å². The average Bonchev–Trinajstić information content (AvgIpc) is 3.02. The first-order valence-electron chi connectivity index (χ1n) is 8.49. The molecule has 0 fully saturated rings. The van der Waals surface area contributed by atoms with Crippen LogP contribution in [0.2, 0.25) is 0 Å². The predicted octanol–water partition coefficient (Wildman–Crippen LogP) is 3.84. The molecule has 0 aliphatic heterocycles. The fraction of sp³-hybridized carbons (Fsp3) is 0.556. The summed E-state index contributed by atoms with van der Waals surface area (Å²) in [5.41, 5.74) is 3.51. The van der Waals surface area contributed by atoms with Gasteiger partial charge in [-0.3, -0.25) is 4.90 Å². The van der Waals surface area contributed by atoms with Crippen molar-refractivity contribution >= 4 is 0 Å². The number of hydrogen-bond acceptors (Lipinski definition) is 3. The summed E-state index contributed by atoms with van der Waals surface area (Å²) in [6.45, 7) is 9.52. The van der Waals surface area contributed by atoms with E-state index >= 15 is 0 Å². The van der Waals surface area contributed by atoms with Gasteiger partial charge in [0.25, 0.3) is 0 Å². The van der Waals surface area contributed by atoms with Crippen LogP contribution >= 0.6 is 0 Å². The number of aromatic nitrogens is 3. The van der Waals surface area contributed by atoms with E-state index in [1.807, 2.05) is 10.9 Å². The van der Waals surface area contributed by atoms with Gasteiger partial charge in [0, 0.05) is 6.54 Å². The summed E-state index contributed by atoms with van der Waals surface area (Å²) in [6, 6.07) is 8.68. The number of unbranched alkanes of at least 4 members (excludes halogenated alkanes) is 2. The zero-order chi connectivity index (χ0) is 15.8. The van der Waals surface area contributed by atoms with Crippen LogP contribution in [0.15, 0.2) is 30.5 Å². The van der Waals surface area contributed by atoms with Crippen LogP contribution in [0.5, 0.6) is 0 Å². The monoisotopic (exact) mass is 300 g/mol. The third-order valence-electron chi connectivity index (χ3n) is 4.09. The van der Waals surface area contributed by atoms with Gasteiger partial charge in [0.15, 0.2) is 0 Å². The molecule has 4 nitrogen and oxygen atoms in total. The van der Waals surface area contributed by atoms with Crippen LogP contribution in [0.1, 0.15) is 51.3 Å². The Balaban J connectivity index is 1.98. The van der Waals surface area contributed by atoms with E-state index in [0.29, 0.717) is 0 Å². The van der Waals surface area contributed by atoms with Crippen molar-refractivity contribution in [2.24, 2.45) is 0 Å². The quantitative estimate of drug-likeness (QED) is 0.660. The highest BCUT2D eigenvalue weighted by molar-refractivity contribution is 5.33. The van der Waals surface area contributed by atoms with Crippen LogP contribution < -0.4 is 0 Å². The Morgan fingerprint density at radius 2 is 1.73 bits per heavy atom. The lowest BCUT2D eigenvalue weighted by atomic mass is 10.1. The van der Waals surface area contributed by atoms with Gasteiger partial charge in [-0.2, -0.15) is 0 Å². The maximum atomic E-state index is 4.28. The molecular weight excluding hydrogens is 272 g/mol. The van der Waals surface area contributed by atoms with Crippen molar-refractivity contribution in [1.29, 1.82) is 0 Å². The molecule has 0 N–H and O–H groups in total. The third-order valence-corrected chi connectivity index (χ3v) is 4.09. The minimum absolute atomic E-state index is 0.863. The Labute approximate surface area is 134 Å². The van der Waals surface area contributed by atoms with Crippen LogP contribution in [-0.2, 0) is 13.0 Å². The second kappa shape index (κ2) is 8.69. The fourth-order valence-corrected chi connectivity index (χ4v) is 2.57. The lowest BCUT2D eigenvalue weighted by molar-refractivity contribution is 0.292. The molecule has 1 heterocycles. The molecule has 1 aromatic carbocycles. The molecular formula is C18H28N4. The molecule has 0 atom stereocenters. The highest BCUT2D eigenvalue weighted by Gasteiger charge is 2.06. The molecule has 22 heavy (non-hydrogen) atoms. The molecule has 0 aliphatic rings. The Hall–Kier alpha value is -1.68. The molecule has 4 heteroatoms. The van der Waals surface area contributed by atoms with Crippen molar-refractivity contribution in [2.75, 3.05) is 13.1 Å². The summed E-state index contributed by atoms with van der Waals surface area (Å²) < 4.78 is 1.87. The van der Waals surface area contributed by atoms with Crippen molar-refractivity contribution in [3.8, 4) is 5.69 Å². The Morgan fingerprint density at radius 3 is 2.36 bits per heavy atom. The van der Waals surface area contributed by atoms with Gasteiger partial charge in [0.1, 0.15) is 0 Å². The molecule has 0 amide bonds. The lowest BCUT2D eigenvalue weighted by Crippen LogP contribution is -2.22. The molecule has 0 saturated heterocycles. The minimum atomic E-state index is 0.863. The molecule has 0 spiro atoms. The predicted molar refractivity (Wildman–Crippen MR) is 91.2 cm³/mol. The average molecular weight is 300 g/mol. The van der Waals surface area contributed by atoms with Gasteiger partial charge < -0.3 is 0 Å². The summed E-state index contributed by atoms with van der Waals surface area (Å²) in [6.07, 6.45) is 7.04. The first kappa shape index (κ1) is 16.7. The van der Waals surface area contributed by atoms with E-state index in [4.69, 9.17) is 0 Å². The standard InChI is InChI=1S/C18H28N4/c1-4-7-8-9-16-10-12-18(13-11-16)22-15-17(19-20-22)14-21(5-2)6-3/h10-13,15H,4-9,14H2,1-3H3. The first-order valence-corrected chi connectivity index (χ1v) is 8.49. The Kier molecular flexibility index (Phi) is 6.59. The highest BCUT2D eigenvalue weighted by atomic mass is 15.4. The van der Waals surface area contributed by atoms with Crippen LogP contribution in [-0.4, -0.2) is 33.0 Å². The minimum Gasteiger partial charge on any atom is -0.298 e. The molecule has 0 aliphatic carbocycles. The summed E-state index contributed by atoms with van der Waals surface area (Å²) in [4.78, 5) is 2.34. The molecule has 0 bridgehead atoms. The number of nitrogens with zero attached hydrogens (tertiary/aromatic N) is 4. The van der Waals surface area contributed by atoms with E-state index in [9.17, 15) is 0 Å². The number of rotatable bonds is 9. The maximum absolute atomic E-state index is 4.28. The number of hydrogen-bond donors (Lipinski definition) is 0. The van der Waals surface area contributed by atoms with Gasteiger partial charge in [-0.05, 0) is 43.6 Å². The molecule has 0 unspecified atom stereocenters. The maximum Gasteiger partial charge on any atom is 0.0971 e. The van der Waals surface area contributed by atoms with E-state index in [2.05, 4.69) is 60.2 Å². The van der Waals surface area contributed by atoms with E-state index < -0.39 is 0 Å². The summed E-state index contributed by atoms with van der Waals surface area (Å²) in [7, 11) is 0. The van der Waals surface area contributed by atoms with Gasteiger partial charge in [-0.15, -0.1) is 5.10 Å². The number of aryl methyl sites for hydroxylation is 1. The van der Waals surface area contributed by atoms with E-state index in [1.165, 1.54) is 31.2 Å². The Morgan fingerprint density at radius 1 is 1.00 bits per heavy atom. The molecule has 120 valence electrons. The molecule has 1 aromatic heterocycles. The highest BCUT2D eigenvalue weighted by Crippen LogP contribution is 2.12. The van der Waals surface area contributed by atoms with Gasteiger partial charge >= 0.3 is 0 Å². The van der Waals surface area contributed by atoms with Gasteiger partial charge in [0.05, 0.1) is 17.6 Å². The summed E-state index contributed by atoms with van der Waals surface area (Å²) >= 11 is 0. The molecule has 0 saturated carbocycles. The van der Waals surface area contributed by atoms with Crippen LogP contribution in [0.4, 0.5) is 0 Å². The summed E-state index contributed by atoms with van der Waals surface area (Å²) in [5, 5.41) is 8.54. The molecule has 2 aromatic rings. The fourth-order valence-electron chi connectivity index (χ4n) is 2.57. The van der Waals surface area contributed by atoms with E-state index in [-0.39, 0.29) is 0 Å². The Bertz CT molecular complexity index is 540. The van der Waals surface area contributed by atoms with Crippen molar-refractivity contribution in [3.05, 3.63) is 41.7 Å². The van der Waals surface area contributed by atoms with Gasteiger partial charge in [-0.1, -0.05) is 51.0 Å². The topological polar surface area (TPSA) is 34.0 Å². The SMILES string of the molecule is CCCCCc1ccc(-n2cc(CN(CC)CC)nn2)cc1. The largest absolute Gasteiger partial charge is 0.298 e. The van der Waals surface area contributed by atoms with Crippen molar-refractivity contribution < 1.29 is 0 Å². The molecule has 0 radical (unpaired) electrons. The summed E-state index contributed by atoms with van der Waals surface area (Å²) in [5.74, 6) is 0. The molecule has 2 rings (SSSR count). The second-order valence-corrected chi connectivity index (χ2v) is 5.74. The van der Waals surface area contributed by atoms with Crippen molar-refractivity contribution in [3.63, 3.8) is 0 Å². The zero-order valence-electron chi connectivity index (χ0n) is 14.1. The zero-order valence-corrected chi connectivity index (χ0v) is 14.1. The smallest absolute Gasteiger partial charge is 0.0971 e. The van der Waals surface area contributed by atoms with Gasteiger partial charge in [0.2, 0.25) is 0 Å². The lowest BCUT2D eigenvalue weighted by Gasteiger charge is -2.15. The van der Waals surface area contributed by atoms with Gasteiger partial charge in [-0.25, -0.2) is 4.68 Å².